The van der Waals surface area contributed by atoms with Crippen LogP contribution in [0.5, 0.6) is 0 Å². The Morgan fingerprint density at radius 3 is 2.50 bits per heavy atom. The number of methoxy groups -OCH3 is 1. The van der Waals surface area contributed by atoms with Crippen molar-refractivity contribution in [2.45, 2.75) is 40.7 Å². The number of Topliss-reactive ketones (excluding diaryl/α,β-unsaturated/α-hetero) is 1. The summed E-state index contributed by atoms with van der Waals surface area (Å²) in [6.07, 6.45) is 0.839. The first kappa shape index (κ1) is 23.7. The van der Waals surface area contributed by atoms with Crippen molar-refractivity contribution in [3.63, 3.8) is 0 Å². The lowest BCUT2D eigenvalue weighted by Crippen LogP contribution is -2.17. The number of hydrogen-bond donors (Lipinski definition) is 0. The molecule has 0 fully saturated rings. The maximum absolute atomic E-state index is 12.7. The van der Waals surface area contributed by atoms with Crippen LogP contribution in [-0.2, 0) is 16.0 Å². The number of carbonyl (C=O) groups excluding carboxylic acids is 2. The molecule has 3 aromatic heterocycles. The Balaban J connectivity index is 1.72. The zero-order valence-electron chi connectivity index (χ0n) is 18.9. The van der Waals surface area contributed by atoms with Gasteiger partial charge in [0.05, 0.1) is 10.7 Å². The van der Waals surface area contributed by atoms with E-state index in [4.69, 9.17) is 21.1 Å². The third kappa shape index (κ3) is 5.08. The van der Waals surface area contributed by atoms with Crippen LogP contribution in [0.25, 0.3) is 5.82 Å². The van der Waals surface area contributed by atoms with Gasteiger partial charge in [0.25, 0.3) is 0 Å². The first-order chi connectivity index (χ1) is 15.2. The summed E-state index contributed by atoms with van der Waals surface area (Å²) in [7, 11) is 1.66. The average molecular weight is 459 g/mol. The fourth-order valence-corrected chi connectivity index (χ4v) is 3.81. The van der Waals surface area contributed by atoms with Crippen molar-refractivity contribution in [2.75, 3.05) is 20.3 Å². The van der Waals surface area contributed by atoms with Crippen LogP contribution < -0.4 is 0 Å². The number of ketones is 1. The van der Waals surface area contributed by atoms with E-state index < -0.39 is 12.6 Å². The van der Waals surface area contributed by atoms with E-state index in [2.05, 4.69) is 14.6 Å². The predicted octanol–water partition coefficient (Wildman–Crippen LogP) is 4.03. The van der Waals surface area contributed by atoms with Crippen LogP contribution in [0.15, 0.2) is 24.3 Å². The fraction of sp³-hybridized carbons (Fsp3) is 0.391. The number of rotatable bonds is 9. The molecule has 8 nitrogen and oxygen atoms in total. The Morgan fingerprint density at radius 1 is 1.09 bits per heavy atom. The van der Waals surface area contributed by atoms with Crippen molar-refractivity contribution >= 4 is 23.4 Å². The first-order valence-electron chi connectivity index (χ1n) is 10.3. The number of ether oxygens (including phenoxy) is 2. The van der Waals surface area contributed by atoms with Gasteiger partial charge in [-0.2, -0.15) is 5.10 Å². The van der Waals surface area contributed by atoms with Gasteiger partial charge in [-0.3, -0.25) is 4.79 Å². The Morgan fingerprint density at radius 2 is 1.84 bits per heavy atom. The average Bonchev–Trinajstić information content (AvgIpc) is 3.24. The molecule has 0 atom stereocenters. The molecule has 3 aromatic rings. The molecule has 9 heteroatoms. The van der Waals surface area contributed by atoms with Crippen LogP contribution >= 0.6 is 11.6 Å². The third-order valence-electron chi connectivity index (χ3n) is 5.19. The topological polar surface area (TPSA) is 88.2 Å². The molecule has 0 unspecified atom stereocenters. The van der Waals surface area contributed by atoms with Gasteiger partial charge in [-0.15, -0.1) is 0 Å². The number of aryl methyl sites for hydroxylation is 3. The molecule has 0 N–H and O–H groups in total. The van der Waals surface area contributed by atoms with Crippen LogP contribution in [0, 0.1) is 27.7 Å². The smallest absolute Gasteiger partial charge is 0.359 e. The SMILES string of the molecule is COCCCn1c(C)cc(C(=O)COC(=O)c2nc(-n3nc(C)cc3C)ccc2Cl)c1C. The fourth-order valence-electron chi connectivity index (χ4n) is 3.63. The summed E-state index contributed by atoms with van der Waals surface area (Å²) >= 11 is 6.17. The van der Waals surface area contributed by atoms with E-state index in [1.165, 1.54) is 0 Å². The summed E-state index contributed by atoms with van der Waals surface area (Å²) in [5.41, 5.74) is 3.97. The number of halogens is 1. The molecule has 0 radical (unpaired) electrons. The van der Waals surface area contributed by atoms with E-state index in [0.29, 0.717) is 18.0 Å². The van der Waals surface area contributed by atoms with Gasteiger partial charge in [-0.25, -0.2) is 14.5 Å². The second-order valence-corrected chi connectivity index (χ2v) is 8.03. The largest absolute Gasteiger partial charge is 0.453 e. The molecule has 32 heavy (non-hydrogen) atoms. The van der Waals surface area contributed by atoms with Crippen LogP contribution in [-0.4, -0.2) is 51.4 Å². The van der Waals surface area contributed by atoms with Gasteiger partial charge in [0.2, 0.25) is 5.78 Å². The van der Waals surface area contributed by atoms with Crippen LogP contribution in [0.1, 0.15) is 50.0 Å². The molecular formula is C23H27ClN4O4. The van der Waals surface area contributed by atoms with Crippen molar-refractivity contribution in [1.82, 2.24) is 19.3 Å². The standard InChI is InChI=1S/C23H27ClN4O4/c1-14-11-16(3)28(26-14)21-8-7-19(24)22(25-21)23(30)32-13-20(29)18-12-15(2)27(17(18)4)9-6-10-31-5/h7-8,11-12H,6,9-10,13H2,1-5H3. The summed E-state index contributed by atoms with van der Waals surface area (Å²) in [6, 6.07) is 6.94. The number of nitrogens with zero attached hydrogens (tertiary/aromatic N) is 4. The van der Waals surface area contributed by atoms with E-state index in [9.17, 15) is 9.59 Å². The van der Waals surface area contributed by atoms with Crippen molar-refractivity contribution in [1.29, 1.82) is 0 Å². The quantitative estimate of drug-likeness (QED) is 0.273. The van der Waals surface area contributed by atoms with Gasteiger partial charge < -0.3 is 14.0 Å². The summed E-state index contributed by atoms with van der Waals surface area (Å²) < 4.78 is 14.0. The molecule has 0 saturated heterocycles. The molecule has 0 spiro atoms. The van der Waals surface area contributed by atoms with E-state index in [1.807, 2.05) is 39.8 Å². The number of aromatic nitrogens is 4. The molecule has 3 rings (SSSR count). The number of pyridine rings is 1. The lowest BCUT2D eigenvalue weighted by Gasteiger charge is -2.10. The van der Waals surface area contributed by atoms with Crippen LogP contribution in [0.2, 0.25) is 5.02 Å². The summed E-state index contributed by atoms with van der Waals surface area (Å²) in [4.78, 5) is 29.7. The monoisotopic (exact) mass is 458 g/mol. The van der Waals surface area contributed by atoms with E-state index in [1.54, 1.807) is 23.9 Å². The van der Waals surface area contributed by atoms with Crippen molar-refractivity contribution in [3.8, 4) is 5.82 Å². The molecule has 0 aliphatic carbocycles. The van der Waals surface area contributed by atoms with Crippen molar-refractivity contribution in [2.24, 2.45) is 0 Å². The minimum Gasteiger partial charge on any atom is -0.453 e. The Bertz CT molecular complexity index is 1150. The maximum atomic E-state index is 12.7. The highest BCUT2D eigenvalue weighted by Gasteiger charge is 2.21. The highest BCUT2D eigenvalue weighted by Crippen LogP contribution is 2.20. The molecular weight excluding hydrogens is 432 g/mol. The van der Waals surface area contributed by atoms with Gasteiger partial charge in [-0.1, -0.05) is 11.6 Å². The van der Waals surface area contributed by atoms with Gasteiger partial charge in [0, 0.05) is 42.9 Å². The first-order valence-corrected chi connectivity index (χ1v) is 10.7. The minimum atomic E-state index is -0.763. The maximum Gasteiger partial charge on any atom is 0.359 e. The predicted molar refractivity (Wildman–Crippen MR) is 121 cm³/mol. The zero-order chi connectivity index (χ0) is 23.4. The second kappa shape index (κ2) is 10.1. The van der Waals surface area contributed by atoms with Gasteiger partial charge >= 0.3 is 5.97 Å². The van der Waals surface area contributed by atoms with Gasteiger partial charge in [0.1, 0.15) is 0 Å². The van der Waals surface area contributed by atoms with Crippen molar-refractivity contribution in [3.05, 3.63) is 63.3 Å². The second-order valence-electron chi connectivity index (χ2n) is 7.62. The molecule has 0 aromatic carbocycles. The molecule has 3 heterocycles. The zero-order valence-corrected chi connectivity index (χ0v) is 19.7. The number of hydrogen-bond acceptors (Lipinski definition) is 6. The number of esters is 1. The molecule has 0 saturated carbocycles. The lowest BCUT2D eigenvalue weighted by molar-refractivity contribution is 0.0469. The van der Waals surface area contributed by atoms with E-state index >= 15 is 0 Å². The van der Waals surface area contributed by atoms with Crippen LogP contribution in [0.3, 0.4) is 0 Å². The van der Waals surface area contributed by atoms with Gasteiger partial charge in [0.15, 0.2) is 18.1 Å². The Labute approximate surface area is 192 Å². The summed E-state index contributed by atoms with van der Waals surface area (Å²) in [5, 5.41) is 4.51. The minimum absolute atomic E-state index is 0.0606. The molecule has 0 aliphatic rings. The normalized spacial score (nSPS) is 11.1. The van der Waals surface area contributed by atoms with Gasteiger partial charge in [-0.05, 0) is 58.4 Å². The molecule has 0 aliphatic heterocycles. The van der Waals surface area contributed by atoms with Crippen molar-refractivity contribution < 1.29 is 19.1 Å². The third-order valence-corrected chi connectivity index (χ3v) is 5.49. The summed E-state index contributed by atoms with van der Waals surface area (Å²) in [5.74, 6) is -0.603. The van der Waals surface area contributed by atoms with E-state index in [-0.39, 0.29) is 16.5 Å². The number of carbonyl (C=O) groups is 2. The highest BCUT2D eigenvalue weighted by molar-refractivity contribution is 6.33. The Hall–Kier alpha value is -2.97. The highest BCUT2D eigenvalue weighted by atomic mass is 35.5. The molecule has 0 bridgehead atoms. The molecule has 0 amide bonds. The van der Waals surface area contributed by atoms with Crippen LogP contribution in [0.4, 0.5) is 0 Å². The lowest BCUT2D eigenvalue weighted by atomic mass is 10.1. The molecule has 170 valence electrons. The Kier molecular flexibility index (Phi) is 7.48. The van der Waals surface area contributed by atoms with E-state index in [0.717, 1.165) is 35.7 Å². The summed E-state index contributed by atoms with van der Waals surface area (Å²) in [6.45, 7) is 8.57.